The van der Waals surface area contributed by atoms with Gasteiger partial charge in [-0.05, 0) is 35.9 Å². The van der Waals surface area contributed by atoms with Crippen LogP contribution < -0.4 is 5.32 Å². The van der Waals surface area contributed by atoms with Gasteiger partial charge in [0.1, 0.15) is 0 Å². The Hall–Kier alpha value is -1.55. The van der Waals surface area contributed by atoms with Gasteiger partial charge in [-0.25, -0.2) is 0 Å². The summed E-state index contributed by atoms with van der Waals surface area (Å²) in [6.07, 6.45) is 0. The number of methoxy groups -OCH3 is 1. The van der Waals surface area contributed by atoms with Crippen LogP contribution in [0.3, 0.4) is 0 Å². The molecule has 0 aliphatic heterocycles. The van der Waals surface area contributed by atoms with Gasteiger partial charge in [0.2, 0.25) is 0 Å². The summed E-state index contributed by atoms with van der Waals surface area (Å²) in [5.41, 5.74) is 2.05. The second-order valence-corrected chi connectivity index (χ2v) is 5.06. The van der Waals surface area contributed by atoms with Crippen LogP contribution in [0.15, 0.2) is 42.5 Å². The van der Waals surface area contributed by atoms with Crippen LogP contribution in [-0.4, -0.2) is 13.0 Å². The molecule has 0 bridgehead atoms. The van der Waals surface area contributed by atoms with E-state index in [2.05, 4.69) is 5.32 Å². The van der Waals surface area contributed by atoms with Gasteiger partial charge in [-0.1, -0.05) is 35.3 Å². The Balaban J connectivity index is 2.17. The van der Waals surface area contributed by atoms with Gasteiger partial charge in [0.25, 0.3) is 5.91 Å². The van der Waals surface area contributed by atoms with E-state index in [0.717, 1.165) is 5.56 Å². The molecule has 2 aromatic rings. The van der Waals surface area contributed by atoms with E-state index in [-0.39, 0.29) is 5.91 Å². The van der Waals surface area contributed by atoms with E-state index in [1.165, 1.54) is 0 Å². The summed E-state index contributed by atoms with van der Waals surface area (Å²) < 4.78 is 5.06. The average Bonchev–Trinajstić information content (AvgIpc) is 2.39. The lowest BCUT2D eigenvalue weighted by Crippen LogP contribution is -2.12. The van der Waals surface area contributed by atoms with Crippen molar-refractivity contribution < 1.29 is 9.53 Å². The van der Waals surface area contributed by atoms with E-state index in [4.69, 9.17) is 27.9 Å². The minimum Gasteiger partial charge on any atom is -0.380 e. The maximum absolute atomic E-state index is 12.1. The minimum atomic E-state index is -0.277. The van der Waals surface area contributed by atoms with Gasteiger partial charge in [0.15, 0.2) is 0 Å². The molecule has 0 radical (unpaired) electrons. The highest BCUT2D eigenvalue weighted by Crippen LogP contribution is 2.22. The summed E-state index contributed by atoms with van der Waals surface area (Å²) in [5, 5.41) is 3.61. The lowest BCUT2D eigenvalue weighted by Gasteiger charge is -2.08. The van der Waals surface area contributed by atoms with Crippen molar-refractivity contribution in [2.75, 3.05) is 12.4 Å². The number of halogens is 2. The van der Waals surface area contributed by atoms with Crippen LogP contribution in [0.2, 0.25) is 10.0 Å². The van der Waals surface area contributed by atoms with Crippen LogP contribution in [0.4, 0.5) is 5.69 Å². The zero-order chi connectivity index (χ0) is 14.5. The molecule has 0 aliphatic carbocycles. The highest BCUT2D eigenvalue weighted by molar-refractivity contribution is 6.37. The van der Waals surface area contributed by atoms with Crippen molar-refractivity contribution >= 4 is 34.8 Å². The number of nitrogens with one attached hydrogen (secondary N) is 1. The van der Waals surface area contributed by atoms with Gasteiger partial charge >= 0.3 is 0 Å². The molecule has 1 amide bonds. The van der Waals surface area contributed by atoms with Gasteiger partial charge in [-0.15, -0.1) is 0 Å². The van der Waals surface area contributed by atoms with Crippen molar-refractivity contribution in [1.82, 2.24) is 0 Å². The quantitative estimate of drug-likeness (QED) is 0.909. The SMILES string of the molecule is COCc1cccc(NC(=O)c2ccc(Cl)cc2Cl)c1. The van der Waals surface area contributed by atoms with Crippen molar-refractivity contribution in [3.63, 3.8) is 0 Å². The largest absolute Gasteiger partial charge is 0.380 e. The van der Waals surface area contributed by atoms with Gasteiger partial charge in [0.05, 0.1) is 17.2 Å². The maximum Gasteiger partial charge on any atom is 0.257 e. The van der Waals surface area contributed by atoms with Gasteiger partial charge in [-0.3, -0.25) is 4.79 Å². The van der Waals surface area contributed by atoms with Crippen molar-refractivity contribution in [3.8, 4) is 0 Å². The molecule has 2 aromatic carbocycles. The summed E-state index contributed by atoms with van der Waals surface area (Å²) in [6, 6.07) is 12.2. The zero-order valence-electron chi connectivity index (χ0n) is 10.8. The lowest BCUT2D eigenvalue weighted by molar-refractivity contribution is 0.102. The summed E-state index contributed by atoms with van der Waals surface area (Å²) in [5.74, 6) is -0.277. The molecule has 3 nitrogen and oxygen atoms in total. The second-order valence-electron chi connectivity index (χ2n) is 4.21. The van der Waals surface area contributed by atoms with Crippen LogP contribution >= 0.6 is 23.2 Å². The fourth-order valence-corrected chi connectivity index (χ4v) is 2.27. The zero-order valence-corrected chi connectivity index (χ0v) is 12.3. The molecule has 0 aromatic heterocycles. The Kier molecular flexibility index (Phi) is 5.01. The molecule has 104 valence electrons. The van der Waals surface area contributed by atoms with Crippen molar-refractivity contribution in [2.24, 2.45) is 0 Å². The highest BCUT2D eigenvalue weighted by atomic mass is 35.5. The van der Waals surface area contributed by atoms with Crippen LogP contribution in [-0.2, 0) is 11.3 Å². The van der Waals surface area contributed by atoms with E-state index in [1.54, 1.807) is 31.4 Å². The highest BCUT2D eigenvalue weighted by Gasteiger charge is 2.11. The number of ether oxygens (including phenoxy) is 1. The van der Waals surface area contributed by atoms with E-state index in [1.807, 2.05) is 18.2 Å². The van der Waals surface area contributed by atoms with E-state index in [0.29, 0.717) is 27.9 Å². The normalized spacial score (nSPS) is 10.3. The van der Waals surface area contributed by atoms with Crippen molar-refractivity contribution in [1.29, 1.82) is 0 Å². The molecule has 20 heavy (non-hydrogen) atoms. The molecule has 1 N–H and O–H groups in total. The third-order valence-corrected chi connectivity index (χ3v) is 3.22. The molecule has 0 saturated heterocycles. The Morgan fingerprint density at radius 2 is 2.00 bits per heavy atom. The minimum absolute atomic E-state index is 0.277. The number of hydrogen-bond donors (Lipinski definition) is 1. The number of amides is 1. The molecular weight excluding hydrogens is 297 g/mol. The average molecular weight is 310 g/mol. The van der Waals surface area contributed by atoms with E-state index in [9.17, 15) is 4.79 Å². The first-order chi connectivity index (χ1) is 9.60. The molecule has 0 aliphatic rings. The first kappa shape index (κ1) is 14.9. The van der Waals surface area contributed by atoms with Gasteiger partial charge < -0.3 is 10.1 Å². The van der Waals surface area contributed by atoms with Crippen LogP contribution in [0.25, 0.3) is 0 Å². The lowest BCUT2D eigenvalue weighted by atomic mass is 10.2. The summed E-state index contributed by atoms with van der Waals surface area (Å²) >= 11 is 11.8. The fourth-order valence-electron chi connectivity index (χ4n) is 1.78. The predicted octanol–water partition coefficient (Wildman–Crippen LogP) is 4.39. The number of carbonyl (C=O) groups excluding carboxylic acids is 1. The standard InChI is InChI=1S/C15H13Cl2NO2/c1-20-9-10-3-2-4-12(7-10)18-15(19)13-6-5-11(16)8-14(13)17/h2-8H,9H2,1H3,(H,18,19). The van der Waals surface area contributed by atoms with Crippen LogP contribution in [0, 0.1) is 0 Å². The summed E-state index contributed by atoms with van der Waals surface area (Å²) in [6.45, 7) is 0.491. The summed E-state index contributed by atoms with van der Waals surface area (Å²) in [7, 11) is 1.62. The number of hydrogen-bond acceptors (Lipinski definition) is 2. The van der Waals surface area contributed by atoms with E-state index < -0.39 is 0 Å². The Morgan fingerprint density at radius 3 is 2.70 bits per heavy atom. The third kappa shape index (κ3) is 3.73. The number of rotatable bonds is 4. The topological polar surface area (TPSA) is 38.3 Å². The fraction of sp³-hybridized carbons (Fsp3) is 0.133. The van der Waals surface area contributed by atoms with Gasteiger partial charge in [0, 0.05) is 17.8 Å². The van der Waals surface area contributed by atoms with Crippen LogP contribution in [0.5, 0.6) is 0 Å². The Labute approximate surface area is 127 Å². The molecule has 0 unspecified atom stereocenters. The summed E-state index contributed by atoms with van der Waals surface area (Å²) in [4.78, 5) is 12.1. The Bertz CT molecular complexity index is 629. The van der Waals surface area contributed by atoms with Crippen molar-refractivity contribution in [3.05, 3.63) is 63.6 Å². The first-order valence-corrected chi connectivity index (χ1v) is 6.70. The Morgan fingerprint density at radius 1 is 1.20 bits per heavy atom. The molecule has 5 heteroatoms. The third-order valence-electron chi connectivity index (χ3n) is 2.67. The predicted molar refractivity (Wildman–Crippen MR) is 81.6 cm³/mol. The molecule has 0 fully saturated rings. The van der Waals surface area contributed by atoms with Gasteiger partial charge in [-0.2, -0.15) is 0 Å². The van der Waals surface area contributed by atoms with Crippen molar-refractivity contribution in [2.45, 2.75) is 6.61 Å². The smallest absolute Gasteiger partial charge is 0.257 e. The molecular formula is C15H13Cl2NO2. The second kappa shape index (κ2) is 6.75. The monoisotopic (exact) mass is 309 g/mol. The molecule has 0 saturated carbocycles. The van der Waals surface area contributed by atoms with Crippen LogP contribution in [0.1, 0.15) is 15.9 Å². The maximum atomic E-state index is 12.1. The molecule has 0 spiro atoms. The van der Waals surface area contributed by atoms with E-state index >= 15 is 0 Å². The first-order valence-electron chi connectivity index (χ1n) is 5.94. The molecule has 0 heterocycles. The number of anilines is 1. The number of benzene rings is 2. The molecule has 0 atom stereocenters. The molecule has 2 rings (SSSR count). The number of carbonyl (C=O) groups is 1.